The van der Waals surface area contributed by atoms with Crippen molar-refractivity contribution in [3.63, 3.8) is 0 Å². The van der Waals surface area contributed by atoms with Gasteiger partial charge in [-0.25, -0.2) is 4.98 Å². The van der Waals surface area contributed by atoms with Crippen molar-refractivity contribution >= 4 is 45.6 Å². The monoisotopic (exact) mass is 344 g/mol. The number of aromatic nitrogens is 2. The van der Waals surface area contributed by atoms with Crippen molar-refractivity contribution < 1.29 is 0 Å². The van der Waals surface area contributed by atoms with E-state index in [-0.39, 0.29) is 0 Å². The third-order valence-electron chi connectivity index (χ3n) is 3.59. The highest BCUT2D eigenvalue weighted by molar-refractivity contribution is 6.39. The number of aryl methyl sites for hydroxylation is 1. The number of para-hydroxylation sites is 1. The number of nitriles is 1. The van der Waals surface area contributed by atoms with Crippen molar-refractivity contribution in [3.8, 4) is 6.07 Å². The molecule has 0 unspecified atom stereocenters. The zero-order valence-corrected chi connectivity index (χ0v) is 13.8. The predicted octanol–water partition coefficient (Wildman–Crippen LogP) is 5.39. The van der Waals surface area contributed by atoms with E-state index in [4.69, 9.17) is 28.5 Å². The number of nitrogens with one attached hydrogen (secondary N) is 1. The number of halogens is 2. The summed E-state index contributed by atoms with van der Waals surface area (Å²) in [6.07, 6.45) is 5.12. The van der Waals surface area contributed by atoms with Crippen LogP contribution in [0.3, 0.4) is 0 Å². The van der Waals surface area contributed by atoms with Crippen molar-refractivity contribution in [1.29, 1.82) is 5.26 Å². The van der Waals surface area contributed by atoms with Gasteiger partial charge in [0.25, 0.3) is 0 Å². The van der Waals surface area contributed by atoms with Gasteiger partial charge in [-0.3, -0.25) is 0 Å². The first-order valence-electron chi connectivity index (χ1n) is 7.22. The molecule has 23 heavy (non-hydrogen) atoms. The maximum Gasteiger partial charge on any atom is 0.139 e. The number of hydrogen-bond donors (Lipinski definition) is 1. The molecule has 2 heterocycles. The number of fused-ring (bicyclic) bond motifs is 1. The van der Waals surface area contributed by atoms with E-state index in [0.29, 0.717) is 28.0 Å². The van der Waals surface area contributed by atoms with Crippen LogP contribution < -0.4 is 5.32 Å². The summed E-state index contributed by atoms with van der Waals surface area (Å²) in [5.74, 6) is 0.705. The minimum absolute atomic E-state index is 0.546. The first kappa shape index (κ1) is 15.7. The average molecular weight is 345 g/mol. The van der Waals surface area contributed by atoms with Crippen LogP contribution in [0.5, 0.6) is 0 Å². The Hall–Kier alpha value is -2.22. The Morgan fingerprint density at radius 2 is 1.96 bits per heavy atom. The van der Waals surface area contributed by atoms with Crippen LogP contribution in [0.25, 0.3) is 10.9 Å². The lowest BCUT2D eigenvalue weighted by molar-refractivity contribution is 0.674. The largest absolute Gasteiger partial charge is 0.347 e. The fraction of sp³-hybridized carbons (Fsp3) is 0.176. The Labute approximate surface area is 144 Å². The molecule has 6 heteroatoms. The second kappa shape index (κ2) is 6.91. The van der Waals surface area contributed by atoms with E-state index in [2.05, 4.69) is 20.9 Å². The van der Waals surface area contributed by atoms with E-state index in [1.54, 1.807) is 24.4 Å². The number of nitrogens with zero attached hydrogens (tertiary/aromatic N) is 3. The van der Waals surface area contributed by atoms with Crippen LogP contribution in [-0.4, -0.2) is 9.55 Å². The Kier molecular flexibility index (Phi) is 4.71. The molecule has 0 bridgehead atoms. The summed E-state index contributed by atoms with van der Waals surface area (Å²) < 4.78 is 2.12. The fourth-order valence-electron chi connectivity index (χ4n) is 2.48. The van der Waals surface area contributed by atoms with Gasteiger partial charge in [0, 0.05) is 30.7 Å². The highest BCUT2D eigenvalue weighted by Gasteiger charge is 2.11. The fourth-order valence-corrected chi connectivity index (χ4v) is 2.97. The van der Waals surface area contributed by atoms with Crippen LogP contribution in [0, 0.1) is 11.3 Å². The van der Waals surface area contributed by atoms with Gasteiger partial charge in [0.15, 0.2) is 0 Å². The van der Waals surface area contributed by atoms with Crippen LogP contribution in [0.2, 0.25) is 10.0 Å². The molecule has 3 aromatic rings. The molecule has 2 aromatic heterocycles. The van der Waals surface area contributed by atoms with Gasteiger partial charge in [0.05, 0.1) is 27.3 Å². The molecule has 1 aromatic carbocycles. The molecular formula is C17H14Cl2N4. The van der Waals surface area contributed by atoms with E-state index in [9.17, 15) is 0 Å². The van der Waals surface area contributed by atoms with Gasteiger partial charge in [-0.15, -0.1) is 0 Å². The summed E-state index contributed by atoms with van der Waals surface area (Å²) in [4.78, 5) is 4.40. The predicted molar refractivity (Wildman–Crippen MR) is 94.3 cm³/mol. The van der Waals surface area contributed by atoms with Crippen LogP contribution in [0.4, 0.5) is 11.5 Å². The van der Waals surface area contributed by atoms with Crippen molar-refractivity contribution in [3.05, 3.63) is 52.8 Å². The smallest absolute Gasteiger partial charge is 0.139 e. The van der Waals surface area contributed by atoms with Gasteiger partial charge in [-0.1, -0.05) is 29.3 Å². The number of pyridine rings is 1. The molecule has 116 valence electrons. The first-order valence-corrected chi connectivity index (χ1v) is 7.98. The quantitative estimate of drug-likeness (QED) is 0.631. The number of benzene rings is 1. The van der Waals surface area contributed by atoms with E-state index >= 15 is 0 Å². The SMILES string of the molecule is N#CCCCn1ccc2c(Nc3c(Cl)cccc3Cl)nccc21. The summed E-state index contributed by atoms with van der Waals surface area (Å²) >= 11 is 12.4. The third-order valence-corrected chi connectivity index (χ3v) is 4.22. The summed E-state index contributed by atoms with van der Waals surface area (Å²) in [5, 5.41) is 14.0. The molecule has 0 aliphatic rings. The Morgan fingerprint density at radius 3 is 2.70 bits per heavy atom. The standard InChI is InChI=1S/C17H14Cl2N4/c18-13-4-3-5-14(19)16(13)22-17-12-7-11-23(10-2-1-8-20)15(12)6-9-21-17/h3-7,9,11H,1-2,10H2,(H,21,22). The molecule has 0 spiro atoms. The van der Waals surface area contributed by atoms with E-state index < -0.39 is 0 Å². The number of hydrogen-bond acceptors (Lipinski definition) is 3. The third kappa shape index (κ3) is 3.26. The van der Waals surface area contributed by atoms with Gasteiger partial charge in [-0.05, 0) is 30.7 Å². The Bertz CT molecular complexity index is 860. The average Bonchev–Trinajstić information content (AvgIpc) is 2.95. The normalized spacial score (nSPS) is 10.7. The molecule has 0 fully saturated rings. The molecule has 0 aliphatic carbocycles. The van der Waals surface area contributed by atoms with Crippen LogP contribution in [-0.2, 0) is 6.54 Å². The zero-order chi connectivity index (χ0) is 16.2. The lowest BCUT2D eigenvalue weighted by Crippen LogP contribution is -1.98. The molecule has 1 N–H and O–H groups in total. The van der Waals surface area contributed by atoms with Crippen molar-refractivity contribution in [2.45, 2.75) is 19.4 Å². The van der Waals surface area contributed by atoms with Crippen molar-refractivity contribution in [2.75, 3.05) is 5.32 Å². The maximum atomic E-state index is 8.66. The van der Waals surface area contributed by atoms with Gasteiger partial charge >= 0.3 is 0 Å². The van der Waals surface area contributed by atoms with Gasteiger partial charge < -0.3 is 9.88 Å². The molecule has 4 nitrogen and oxygen atoms in total. The Balaban J connectivity index is 1.95. The molecule has 3 rings (SSSR count). The minimum Gasteiger partial charge on any atom is -0.347 e. The number of unbranched alkanes of at least 4 members (excludes halogenated alkanes) is 1. The van der Waals surface area contributed by atoms with Crippen LogP contribution in [0.1, 0.15) is 12.8 Å². The number of anilines is 2. The second-order valence-electron chi connectivity index (χ2n) is 5.08. The van der Waals surface area contributed by atoms with Gasteiger partial charge in [0.2, 0.25) is 0 Å². The van der Waals surface area contributed by atoms with E-state index in [1.807, 2.05) is 18.3 Å². The molecule has 0 atom stereocenters. The highest BCUT2D eigenvalue weighted by atomic mass is 35.5. The topological polar surface area (TPSA) is 53.6 Å². The van der Waals surface area contributed by atoms with Crippen LogP contribution >= 0.6 is 23.2 Å². The summed E-state index contributed by atoms with van der Waals surface area (Å²) in [7, 11) is 0. The van der Waals surface area contributed by atoms with Gasteiger partial charge in [0.1, 0.15) is 5.82 Å². The molecule has 0 aliphatic heterocycles. The second-order valence-corrected chi connectivity index (χ2v) is 5.90. The lowest BCUT2D eigenvalue weighted by atomic mass is 10.2. The van der Waals surface area contributed by atoms with E-state index in [0.717, 1.165) is 23.9 Å². The van der Waals surface area contributed by atoms with Gasteiger partial charge in [-0.2, -0.15) is 5.26 Å². The van der Waals surface area contributed by atoms with E-state index in [1.165, 1.54) is 0 Å². The molecule has 0 amide bonds. The molecule has 0 saturated heterocycles. The summed E-state index contributed by atoms with van der Waals surface area (Å²) in [5.41, 5.74) is 1.71. The number of rotatable bonds is 5. The Morgan fingerprint density at radius 1 is 1.17 bits per heavy atom. The summed E-state index contributed by atoms with van der Waals surface area (Å²) in [6, 6.07) is 11.5. The van der Waals surface area contributed by atoms with Crippen molar-refractivity contribution in [1.82, 2.24) is 9.55 Å². The first-order chi connectivity index (χ1) is 11.2. The zero-order valence-electron chi connectivity index (χ0n) is 12.3. The van der Waals surface area contributed by atoms with Crippen LogP contribution in [0.15, 0.2) is 42.7 Å². The highest BCUT2D eigenvalue weighted by Crippen LogP contribution is 2.34. The molecule has 0 radical (unpaired) electrons. The minimum atomic E-state index is 0.546. The maximum absolute atomic E-state index is 8.66. The lowest BCUT2D eigenvalue weighted by Gasteiger charge is -2.11. The summed E-state index contributed by atoms with van der Waals surface area (Å²) in [6.45, 7) is 0.799. The molecular weight excluding hydrogens is 331 g/mol. The molecule has 0 saturated carbocycles. The van der Waals surface area contributed by atoms with Crippen molar-refractivity contribution in [2.24, 2.45) is 0 Å².